The van der Waals surface area contributed by atoms with Crippen molar-refractivity contribution in [3.05, 3.63) is 0 Å². The summed E-state index contributed by atoms with van der Waals surface area (Å²) in [4.78, 5) is 11.8. The normalized spacial score (nSPS) is 33.2. The van der Waals surface area contributed by atoms with Crippen molar-refractivity contribution in [1.29, 1.82) is 0 Å². The number of carbonyl (C=O) groups is 1. The van der Waals surface area contributed by atoms with Gasteiger partial charge in [-0.3, -0.25) is 10.1 Å². The molecule has 2 atom stereocenters. The molecule has 18 heavy (non-hydrogen) atoms. The molecule has 1 aliphatic rings. The number of esters is 1. The predicted molar refractivity (Wildman–Crippen MR) is 61.0 cm³/mol. The molecule has 0 bridgehead atoms. The van der Waals surface area contributed by atoms with Gasteiger partial charge in [-0.05, 0) is 31.1 Å². The molecule has 1 aliphatic carbocycles. The van der Waals surface area contributed by atoms with Gasteiger partial charge in [0.25, 0.3) is 0 Å². The van der Waals surface area contributed by atoms with Gasteiger partial charge in [0.1, 0.15) is 5.54 Å². The topological polar surface area (TPSA) is 38.3 Å². The monoisotopic (exact) mass is 267 g/mol. The minimum absolute atomic E-state index is 0.202. The Morgan fingerprint density at radius 1 is 1.33 bits per heavy atom. The Balaban J connectivity index is 2.85. The molecule has 3 nitrogen and oxygen atoms in total. The Bertz CT molecular complexity index is 294. The van der Waals surface area contributed by atoms with Crippen LogP contribution >= 0.6 is 0 Å². The van der Waals surface area contributed by atoms with Gasteiger partial charge >= 0.3 is 12.1 Å². The molecule has 0 amide bonds. The first kappa shape index (κ1) is 15.3. The Morgan fingerprint density at radius 2 is 1.83 bits per heavy atom. The number of rotatable bonds is 3. The molecule has 1 rings (SSSR count). The molecule has 0 aromatic carbocycles. The Hall–Kier alpha value is -0.780. The van der Waals surface area contributed by atoms with E-state index < -0.39 is 24.2 Å². The number of hydrogen-bond donors (Lipinski definition) is 1. The maximum Gasteiger partial charge on any atom is 0.401 e. The summed E-state index contributed by atoms with van der Waals surface area (Å²) in [6.45, 7) is 2.73. The van der Waals surface area contributed by atoms with E-state index in [0.717, 1.165) is 6.42 Å². The second-order valence-corrected chi connectivity index (χ2v) is 5.40. The number of ether oxygens (including phenoxy) is 1. The van der Waals surface area contributed by atoms with E-state index in [1.54, 1.807) is 0 Å². The molecule has 0 radical (unpaired) electrons. The lowest BCUT2D eigenvalue weighted by atomic mass is 9.71. The van der Waals surface area contributed by atoms with Crippen LogP contribution in [0.25, 0.3) is 0 Å². The van der Waals surface area contributed by atoms with Crippen LogP contribution in [0.4, 0.5) is 13.2 Å². The molecular weight excluding hydrogens is 247 g/mol. The van der Waals surface area contributed by atoms with Crippen LogP contribution in [0.15, 0.2) is 0 Å². The highest BCUT2D eigenvalue weighted by Crippen LogP contribution is 2.37. The smallest absolute Gasteiger partial charge is 0.401 e. The van der Waals surface area contributed by atoms with E-state index in [9.17, 15) is 18.0 Å². The summed E-state index contributed by atoms with van der Waals surface area (Å²) in [5, 5.41) is 2.39. The van der Waals surface area contributed by atoms with Gasteiger partial charge in [0, 0.05) is 0 Å². The molecule has 0 aromatic heterocycles. The van der Waals surface area contributed by atoms with Gasteiger partial charge in [-0.1, -0.05) is 13.8 Å². The van der Waals surface area contributed by atoms with E-state index in [0.29, 0.717) is 12.8 Å². The van der Waals surface area contributed by atoms with Crippen LogP contribution in [-0.2, 0) is 9.53 Å². The molecule has 0 aliphatic heterocycles. The number of carbonyl (C=O) groups excluding carboxylic acids is 1. The van der Waals surface area contributed by atoms with Crippen molar-refractivity contribution in [3.8, 4) is 0 Å². The first-order valence-corrected chi connectivity index (χ1v) is 6.09. The van der Waals surface area contributed by atoms with Gasteiger partial charge in [-0.2, -0.15) is 13.2 Å². The SMILES string of the molecule is COC(=O)C1(NCC(F)(F)F)CC(C)CC(C)C1. The molecular formula is C12H20F3NO2. The van der Waals surface area contributed by atoms with Gasteiger partial charge in [0.15, 0.2) is 0 Å². The summed E-state index contributed by atoms with van der Waals surface area (Å²) in [5.41, 5.74) is -1.19. The molecule has 2 unspecified atom stereocenters. The molecule has 106 valence electrons. The molecule has 0 heterocycles. The fourth-order valence-corrected chi connectivity index (χ4v) is 2.97. The van der Waals surface area contributed by atoms with Gasteiger partial charge < -0.3 is 4.74 Å². The molecule has 0 aromatic rings. The van der Waals surface area contributed by atoms with Crippen LogP contribution in [0.5, 0.6) is 0 Å². The maximum atomic E-state index is 12.3. The number of alkyl halides is 3. The summed E-state index contributed by atoms with van der Waals surface area (Å²) in [6.07, 6.45) is -2.63. The lowest BCUT2D eigenvalue weighted by molar-refractivity contribution is -0.157. The van der Waals surface area contributed by atoms with Crippen molar-refractivity contribution < 1.29 is 22.7 Å². The van der Waals surface area contributed by atoms with E-state index >= 15 is 0 Å². The van der Waals surface area contributed by atoms with E-state index in [1.165, 1.54) is 7.11 Å². The summed E-state index contributed by atoms with van der Waals surface area (Å²) < 4.78 is 41.7. The van der Waals surface area contributed by atoms with E-state index in [1.807, 2.05) is 13.8 Å². The lowest BCUT2D eigenvalue weighted by Crippen LogP contribution is -2.58. The minimum Gasteiger partial charge on any atom is -0.468 e. The summed E-state index contributed by atoms with van der Waals surface area (Å²) in [7, 11) is 1.21. The van der Waals surface area contributed by atoms with Crippen LogP contribution in [0, 0.1) is 11.8 Å². The average molecular weight is 267 g/mol. The third-order valence-corrected chi connectivity index (χ3v) is 3.40. The molecule has 1 saturated carbocycles. The standard InChI is InChI=1S/C12H20F3NO2/c1-8-4-9(2)6-11(5-8,10(17)18-3)16-7-12(13,14)15/h8-9,16H,4-7H2,1-3H3. The third-order valence-electron chi connectivity index (χ3n) is 3.40. The van der Waals surface area contributed by atoms with Gasteiger partial charge in [-0.15, -0.1) is 0 Å². The highest BCUT2D eigenvalue weighted by Gasteiger charge is 2.46. The number of methoxy groups -OCH3 is 1. The maximum absolute atomic E-state index is 12.3. The Kier molecular flexibility index (Phi) is 4.64. The minimum atomic E-state index is -4.33. The Morgan fingerprint density at radius 3 is 2.22 bits per heavy atom. The quantitative estimate of drug-likeness (QED) is 0.798. The van der Waals surface area contributed by atoms with Gasteiger partial charge in [0.05, 0.1) is 13.7 Å². The van der Waals surface area contributed by atoms with Crippen molar-refractivity contribution in [3.63, 3.8) is 0 Å². The summed E-state index contributed by atoms with van der Waals surface area (Å²) in [5.74, 6) is -0.188. The van der Waals surface area contributed by atoms with Crippen molar-refractivity contribution >= 4 is 5.97 Å². The molecule has 0 saturated heterocycles. The second-order valence-electron chi connectivity index (χ2n) is 5.40. The zero-order valence-corrected chi connectivity index (χ0v) is 10.9. The summed E-state index contributed by atoms with van der Waals surface area (Å²) in [6, 6.07) is 0. The zero-order valence-electron chi connectivity index (χ0n) is 10.9. The van der Waals surface area contributed by atoms with Gasteiger partial charge in [0.2, 0.25) is 0 Å². The lowest BCUT2D eigenvalue weighted by Gasteiger charge is -2.41. The van der Waals surface area contributed by atoms with Crippen LogP contribution < -0.4 is 5.32 Å². The number of hydrogen-bond acceptors (Lipinski definition) is 3. The fraction of sp³-hybridized carbons (Fsp3) is 0.917. The van der Waals surface area contributed by atoms with Gasteiger partial charge in [-0.25, -0.2) is 0 Å². The van der Waals surface area contributed by atoms with Crippen molar-refractivity contribution in [1.82, 2.24) is 5.32 Å². The van der Waals surface area contributed by atoms with Crippen LogP contribution in [0.1, 0.15) is 33.1 Å². The van der Waals surface area contributed by atoms with Crippen molar-refractivity contribution in [2.75, 3.05) is 13.7 Å². The van der Waals surface area contributed by atoms with Crippen LogP contribution in [0.3, 0.4) is 0 Å². The number of halogens is 3. The van der Waals surface area contributed by atoms with E-state index in [4.69, 9.17) is 0 Å². The summed E-state index contributed by atoms with van der Waals surface area (Å²) >= 11 is 0. The molecule has 1 fully saturated rings. The second kappa shape index (κ2) is 5.47. The first-order chi connectivity index (χ1) is 8.18. The highest BCUT2D eigenvalue weighted by atomic mass is 19.4. The molecule has 0 spiro atoms. The fourth-order valence-electron chi connectivity index (χ4n) is 2.97. The highest BCUT2D eigenvalue weighted by molar-refractivity contribution is 5.81. The Labute approximate surface area is 105 Å². The number of nitrogens with one attached hydrogen (secondary N) is 1. The van der Waals surface area contributed by atoms with E-state index in [2.05, 4.69) is 10.1 Å². The van der Waals surface area contributed by atoms with Crippen LogP contribution in [0.2, 0.25) is 0 Å². The van der Waals surface area contributed by atoms with E-state index in [-0.39, 0.29) is 11.8 Å². The largest absolute Gasteiger partial charge is 0.468 e. The predicted octanol–water partition coefficient (Wildman–Crippen LogP) is 2.51. The van der Waals surface area contributed by atoms with Crippen molar-refractivity contribution in [2.24, 2.45) is 11.8 Å². The zero-order chi connectivity index (χ0) is 14.0. The molecule has 6 heteroatoms. The average Bonchev–Trinajstić information content (AvgIpc) is 2.23. The third kappa shape index (κ3) is 3.86. The first-order valence-electron chi connectivity index (χ1n) is 6.09. The molecule has 1 N–H and O–H groups in total. The van der Waals surface area contributed by atoms with Crippen molar-refractivity contribution in [2.45, 2.75) is 44.8 Å². The van der Waals surface area contributed by atoms with Crippen LogP contribution in [-0.4, -0.2) is 31.3 Å².